The smallest absolute Gasteiger partial charge is 0.115 e. The molecule has 0 saturated carbocycles. The van der Waals surface area contributed by atoms with E-state index in [2.05, 4.69) is 0 Å². The predicted molar refractivity (Wildman–Crippen MR) is 53.6 cm³/mol. The fourth-order valence-electron chi connectivity index (χ4n) is 1.43. The van der Waals surface area contributed by atoms with Gasteiger partial charge in [0.1, 0.15) is 6.17 Å². The van der Waals surface area contributed by atoms with Crippen molar-refractivity contribution in [2.24, 2.45) is 5.92 Å². The number of halogens is 1. The van der Waals surface area contributed by atoms with Gasteiger partial charge in [0.05, 0.1) is 6.61 Å². The molecule has 1 aliphatic heterocycles. The Labute approximate surface area is 80.7 Å². The van der Waals surface area contributed by atoms with Gasteiger partial charge in [-0.2, -0.15) is 0 Å². The molecular formula is C10H22FNO. The molecule has 1 rings (SSSR count). The van der Waals surface area contributed by atoms with E-state index in [1.54, 1.807) is 0 Å². The number of nitrogens with zero attached hydrogens (tertiary/aromatic N) is 1. The van der Waals surface area contributed by atoms with E-state index in [-0.39, 0.29) is 12.5 Å². The molecule has 1 saturated heterocycles. The van der Waals surface area contributed by atoms with Gasteiger partial charge in [0, 0.05) is 13.1 Å². The van der Waals surface area contributed by atoms with Gasteiger partial charge in [-0.15, -0.1) is 0 Å². The standard InChI is InChI=1S/C8H16FNO.C2H6/c1-7-2-3-10(4-5-11)6-8(7)9;1-2/h7-8,11H,2-6H2,1H3;1-2H3. The maximum absolute atomic E-state index is 13.0. The molecule has 0 amide bonds. The highest BCUT2D eigenvalue weighted by atomic mass is 19.1. The first-order valence-corrected chi connectivity index (χ1v) is 5.21. The molecule has 0 aliphatic carbocycles. The molecule has 0 aromatic rings. The van der Waals surface area contributed by atoms with E-state index in [0.29, 0.717) is 13.1 Å². The summed E-state index contributed by atoms with van der Waals surface area (Å²) in [5.74, 6) is 0.199. The molecule has 80 valence electrons. The number of β-amino-alcohol motifs (C(OH)–C–C–N with tert-alkyl or cyclic N) is 1. The van der Waals surface area contributed by atoms with Crippen LogP contribution in [0.4, 0.5) is 4.39 Å². The summed E-state index contributed by atoms with van der Waals surface area (Å²) in [5, 5.41) is 8.61. The summed E-state index contributed by atoms with van der Waals surface area (Å²) in [4.78, 5) is 1.98. The van der Waals surface area contributed by atoms with Crippen molar-refractivity contribution in [3.05, 3.63) is 0 Å². The summed E-state index contributed by atoms with van der Waals surface area (Å²) >= 11 is 0. The zero-order valence-corrected chi connectivity index (χ0v) is 8.96. The minimum Gasteiger partial charge on any atom is -0.395 e. The van der Waals surface area contributed by atoms with Gasteiger partial charge in [-0.1, -0.05) is 20.8 Å². The number of hydrogen-bond donors (Lipinski definition) is 1. The maximum atomic E-state index is 13.0. The second-order valence-corrected chi connectivity index (χ2v) is 3.31. The number of alkyl halides is 1. The first kappa shape index (κ1) is 12.8. The Hall–Kier alpha value is -0.150. The summed E-state index contributed by atoms with van der Waals surface area (Å²) in [6, 6.07) is 0. The van der Waals surface area contributed by atoms with Crippen LogP contribution >= 0.6 is 0 Å². The molecule has 3 heteroatoms. The second kappa shape index (κ2) is 7.27. The van der Waals surface area contributed by atoms with Crippen LogP contribution in [0, 0.1) is 5.92 Å². The lowest BCUT2D eigenvalue weighted by molar-refractivity contribution is 0.0796. The molecule has 1 aliphatic rings. The van der Waals surface area contributed by atoms with E-state index < -0.39 is 6.17 Å². The van der Waals surface area contributed by atoms with Crippen LogP contribution in [-0.4, -0.2) is 42.4 Å². The van der Waals surface area contributed by atoms with Gasteiger partial charge < -0.3 is 5.11 Å². The Morgan fingerprint density at radius 1 is 1.46 bits per heavy atom. The number of piperidine rings is 1. The van der Waals surface area contributed by atoms with E-state index in [1.165, 1.54) is 0 Å². The van der Waals surface area contributed by atoms with Crippen molar-refractivity contribution in [2.45, 2.75) is 33.4 Å². The molecule has 1 heterocycles. The third kappa shape index (κ3) is 4.58. The van der Waals surface area contributed by atoms with Gasteiger partial charge in [-0.3, -0.25) is 4.90 Å². The summed E-state index contributed by atoms with van der Waals surface area (Å²) in [6.45, 7) is 8.14. The fourth-order valence-corrected chi connectivity index (χ4v) is 1.43. The van der Waals surface area contributed by atoms with Crippen LogP contribution in [-0.2, 0) is 0 Å². The van der Waals surface area contributed by atoms with Crippen LogP contribution in [0.15, 0.2) is 0 Å². The predicted octanol–water partition coefficient (Wildman–Crippen LogP) is 1.68. The van der Waals surface area contributed by atoms with Crippen LogP contribution in [0.3, 0.4) is 0 Å². The number of aliphatic hydroxyl groups is 1. The molecule has 0 aromatic carbocycles. The van der Waals surface area contributed by atoms with Crippen molar-refractivity contribution in [1.29, 1.82) is 0 Å². The van der Waals surface area contributed by atoms with Gasteiger partial charge >= 0.3 is 0 Å². The highest BCUT2D eigenvalue weighted by Gasteiger charge is 2.24. The Morgan fingerprint density at radius 2 is 2.08 bits per heavy atom. The molecule has 13 heavy (non-hydrogen) atoms. The van der Waals surface area contributed by atoms with Crippen LogP contribution in [0.2, 0.25) is 0 Å². The van der Waals surface area contributed by atoms with Crippen molar-refractivity contribution in [2.75, 3.05) is 26.2 Å². The molecule has 2 atom stereocenters. The van der Waals surface area contributed by atoms with Crippen LogP contribution < -0.4 is 0 Å². The van der Waals surface area contributed by atoms with E-state index in [1.807, 2.05) is 25.7 Å². The molecule has 0 spiro atoms. The summed E-state index contributed by atoms with van der Waals surface area (Å²) < 4.78 is 13.0. The first-order valence-electron chi connectivity index (χ1n) is 5.21. The zero-order valence-electron chi connectivity index (χ0n) is 8.96. The lowest BCUT2D eigenvalue weighted by Crippen LogP contribution is -2.41. The minimum absolute atomic E-state index is 0.140. The quantitative estimate of drug-likeness (QED) is 0.718. The molecule has 2 nitrogen and oxygen atoms in total. The molecule has 0 radical (unpaired) electrons. The van der Waals surface area contributed by atoms with Crippen LogP contribution in [0.1, 0.15) is 27.2 Å². The third-order valence-electron chi connectivity index (χ3n) is 2.37. The largest absolute Gasteiger partial charge is 0.395 e. The number of rotatable bonds is 2. The SMILES string of the molecule is CC.CC1CCN(CCO)CC1F. The van der Waals surface area contributed by atoms with Crippen LogP contribution in [0.5, 0.6) is 0 Å². The molecular weight excluding hydrogens is 169 g/mol. The molecule has 0 bridgehead atoms. The Morgan fingerprint density at radius 3 is 2.54 bits per heavy atom. The van der Waals surface area contributed by atoms with Crippen molar-refractivity contribution in [1.82, 2.24) is 4.90 Å². The van der Waals surface area contributed by atoms with Crippen molar-refractivity contribution >= 4 is 0 Å². The first-order chi connectivity index (χ1) is 6.24. The summed E-state index contributed by atoms with van der Waals surface area (Å²) in [6.07, 6.45) is 0.219. The van der Waals surface area contributed by atoms with E-state index >= 15 is 0 Å². The molecule has 2 unspecified atom stereocenters. The Kier molecular flexibility index (Phi) is 7.19. The summed E-state index contributed by atoms with van der Waals surface area (Å²) in [5.41, 5.74) is 0. The lowest BCUT2D eigenvalue weighted by atomic mass is 9.97. The lowest BCUT2D eigenvalue weighted by Gasteiger charge is -2.32. The van der Waals surface area contributed by atoms with E-state index in [9.17, 15) is 4.39 Å². The summed E-state index contributed by atoms with van der Waals surface area (Å²) in [7, 11) is 0. The molecule has 1 fully saturated rings. The Balaban J connectivity index is 0.000000671. The molecule has 0 aromatic heterocycles. The Bertz CT molecular complexity index is 121. The topological polar surface area (TPSA) is 23.5 Å². The normalized spacial score (nSPS) is 29.3. The van der Waals surface area contributed by atoms with Gasteiger partial charge in [0.15, 0.2) is 0 Å². The van der Waals surface area contributed by atoms with Crippen molar-refractivity contribution in [3.63, 3.8) is 0 Å². The average Bonchev–Trinajstić information content (AvgIpc) is 2.15. The second-order valence-electron chi connectivity index (χ2n) is 3.31. The highest BCUT2D eigenvalue weighted by Crippen LogP contribution is 2.18. The minimum atomic E-state index is -0.699. The van der Waals surface area contributed by atoms with Gasteiger partial charge in [-0.25, -0.2) is 4.39 Å². The number of aliphatic hydroxyl groups excluding tert-OH is 1. The van der Waals surface area contributed by atoms with Crippen molar-refractivity contribution < 1.29 is 9.50 Å². The number of hydrogen-bond acceptors (Lipinski definition) is 2. The number of likely N-dealkylation sites (tertiary alicyclic amines) is 1. The van der Waals surface area contributed by atoms with Gasteiger partial charge in [0.25, 0.3) is 0 Å². The van der Waals surface area contributed by atoms with Crippen molar-refractivity contribution in [3.8, 4) is 0 Å². The average molecular weight is 191 g/mol. The zero-order chi connectivity index (χ0) is 10.3. The molecule has 1 N–H and O–H groups in total. The fraction of sp³-hybridized carbons (Fsp3) is 1.00. The highest BCUT2D eigenvalue weighted by molar-refractivity contribution is 4.77. The van der Waals surface area contributed by atoms with E-state index in [0.717, 1.165) is 13.0 Å². The van der Waals surface area contributed by atoms with Gasteiger partial charge in [0.2, 0.25) is 0 Å². The van der Waals surface area contributed by atoms with Crippen LogP contribution in [0.25, 0.3) is 0 Å². The third-order valence-corrected chi connectivity index (χ3v) is 2.37. The van der Waals surface area contributed by atoms with E-state index in [4.69, 9.17) is 5.11 Å². The van der Waals surface area contributed by atoms with Gasteiger partial charge in [-0.05, 0) is 18.9 Å². The maximum Gasteiger partial charge on any atom is 0.115 e. The monoisotopic (exact) mass is 191 g/mol.